The molecule has 0 unspecified atom stereocenters. The van der Waals surface area contributed by atoms with Gasteiger partial charge in [0.05, 0.1) is 18.8 Å². The Morgan fingerprint density at radius 2 is 1.65 bits per heavy atom. The zero-order valence-electron chi connectivity index (χ0n) is 13.6. The molecule has 1 N–H and O–H groups in total. The van der Waals surface area contributed by atoms with Crippen LogP contribution in [0.3, 0.4) is 0 Å². The number of nitrogens with zero attached hydrogens (tertiary/aromatic N) is 1. The molecule has 23 heavy (non-hydrogen) atoms. The van der Waals surface area contributed by atoms with E-state index in [0.29, 0.717) is 13.2 Å². The van der Waals surface area contributed by atoms with Crippen LogP contribution in [0.1, 0.15) is 31.1 Å². The lowest BCUT2D eigenvalue weighted by atomic mass is 10.0. The van der Waals surface area contributed by atoms with Crippen molar-refractivity contribution in [2.24, 2.45) is 0 Å². The maximum absolute atomic E-state index is 12.3. The third-order valence-corrected chi connectivity index (χ3v) is 3.79. The van der Waals surface area contributed by atoms with Crippen molar-refractivity contribution in [3.05, 3.63) is 71.8 Å². The van der Waals surface area contributed by atoms with E-state index in [1.54, 1.807) is 11.8 Å². The summed E-state index contributed by atoms with van der Waals surface area (Å²) in [5.41, 5.74) is 1.77. The summed E-state index contributed by atoms with van der Waals surface area (Å²) in [6.45, 7) is 4.30. The van der Waals surface area contributed by atoms with Gasteiger partial charge in [-0.3, -0.25) is 4.90 Å². The Kier molecular flexibility index (Phi) is 6.18. The molecule has 4 heteroatoms. The Bertz CT molecular complexity index is 601. The molecule has 1 amide bonds. The molecule has 2 aromatic rings. The van der Waals surface area contributed by atoms with E-state index < -0.39 is 18.2 Å². The van der Waals surface area contributed by atoms with Gasteiger partial charge in [0, 0.05) is 6.54 Å². The van der Waals surface area contributed by atoms with Crippen molar-refractivity contribution in [1.82, 2.24) is 4.90 Å². The average molecular weight is 313 g/mol. The van der Waals surface area contributed by atoms with Gasteiger partial charge in [-0.1, -0.05) is 60.7 Å². The summed E-state index contributed by atoms with van der Waals surface area (Å²) in [5, 5.41) is 10.6. The molecule has 0 radical (unpaired) electrons. The van der Waals surface area contributed by atoms with E-state index in [0.717, 1.165) is 11.1 Å². The topological polar surface area (TPSA) is 49.8 Å². The van der Waals surface area contributed by atoms with Crippen LogP contribution in [0.25, 0.3) is 0 Å². The van der Waals surface area contributed by atoms with Crippen molar-refractivity contribution < 1.29 is 14.6 Å². The highest BCUT2D eigenvalue weighted by Gasteiger charge is 2.28. The largest absolute Gasteiger partial charge is 0.450 e. The summed E-state index contributed by atoms with van der Waals surface area (Å²) < 4.78 is 5.16. The first-order valence-corrected chi connectivity index (χ1v) is 7.83. The SMILES string of the molecule is CCOC(=O)N(Cc1ccccc1)[C@@H](C)[C@@H](O)c1ccccc1. The molecular weight excluding hydrogens is 290 g/mol. The van der Waals surface area contributed by atoms with Crippen LogP contribution in [-0.4, -0.2) is 28.7 Å². The van der Waals surface area contributed by atoms with Crippen LogP contribution < -0.4 is 0 Å². The first kappa shape index (κ1) is 17.0. The van der Waals surface area contributed by atoms with Crippen molar-refractivity contribution >= 4 is 6.09 Å². The number of aliphatic hydroxyl groups is 1. The number of aliphatic hydroxyl groups excluding tert-OH is 1. The smallest absolute Gasteiger partial charge is 0.410 e. The van der Waals surface area contributed by atoms with Crippen LogP contribution >= 0.6 is 0 Å². The summed E-state index contributed by atoms with van der Waals surface area (Å²) in [7, 11) is 0. The lowest BCUT2D eigenvalue weighted by Gasteiger charge is -2.32. The molecule has 4 nitrogen and oxygen atoms in total. The number of hydrogen-bond donors (Lipinski definition) is 1. The fourth-order valence-corrected chi connectivity index (χ4v) is 2.46. The minimum absolute atomic E-state index is 0.304. The molecule has 0 spiro atoms. The highest BCUT2D eigenvalue weighted by molar-refractivity contribution is 5.68. The lowest BCUT2D eigenvalue weighted by molar-refractivity contribution is 0.0376. The predicted molar refractivity (Wildman–Crippen MR) is 89.9 cm³/mol. The maximum Gasteiger partial charge on any atom is 0.410 e. The van der Waals surface area contributed by atoms with E-state index in [4.69, 9.17) is 4.74 Å². The van der Waals surface area contributed by atoms with Crippen LogP contribution in [0.15, 0.2) is 60.7 Å². The van der Waals surface area contributed by atoms with Crippen LogP contribution in [0.2, 0.25) is 0 Å². The quantitative estimate of drug-likeness (QED) is 0.883. The first-order chi connectivity index (χ1) is 11.1. The second-order valence-electron chi connectivity index (χ2n) is 5.41. The van der Waals surface area contributed by atoms with E-state index in [-0.39, 0.29) is 0 Å². The molecule has 0 heterocycles. The van der Waals surface area contributed by atoms with Gasteiger partial charge >= 0.3 is 6.09 Å². The van der Waals surface area contributed by atoms with Crippen molar-refractivity contribution in [2.45, 2.75) is 32.5 Å². The van der Waals surface area contributed by atoms with Crippen molar-refractivity contribution in [2.75, 3.05) is 6.61 Å². The Hall–Kier alpha value is -2.33. The minimum atomic E-state index is -0.774. The zero-order valence-corrected chi connectivity index (χ0v) is 13.6. The molecule has 0 aliphatic rings. The summed E-state index contributed by atoms with van der Waals surface area (Å²) in [5.74, 6) is 0. The van der Waals surface area contributed by atoms with E-state index in [1.165, 1.54) is 0 Å². The summed E-state index contributed by atoms with van der Waals surface area (Å²) >= 11 is 0. The Morgan fingerprint density at radius 1 is 1.09 bits per heavy atom. The van der Waals surface area contributed by atoms with Crippen LogP contribution in [0, 0.1) is 0 Å². The number of hydrogen-bond acceptors (Lipinski definition) is 3. The van der Waals surface area contributed by atoms with Crippen LogP contribution in [0.5, 0.6) is 0 Å². The summed E-state index contributed by atoms with van der Waals surface area (Å²) in [4.78, 5) is 13.9. The van der Waals surface area contributed by atoms with Crippen molar-refractivity contribution in [1.29, 1.82) is 0 Å². The minimum Gasteiger partial charge on any atom is -0.450 e. The monoisotopic (exact) mass is 313 g/mol. The third kappa shape index (κ3) is 4.57. The molecule has 0 saturated carbocycles. The Balaban J connectivity index is 2.20. The normalized spacial score (nSPS) is 13.2. The van der Waals surface area contributed by atoms with Crippen molar-refractivity contribution in [3.63, 3.8) is 0 Å². The van der Waals surface area contributed by atoms with Gasteiger partial charge in [-0.15, -0.1) is 0 Å². The molecular formula is C19H23NO3. The first-order valence-electron chi connectivity index (χ1n) is 7.83. The standard InChI is InChI=1S/C19H23NO3/c1-3-23-19(22)20(14-16-10-6-4-7-11-16)15(2)18(21)17-12-8-5-9-13-17/h4-13,15,18,21H,3,14H2,1-2H3/t15-,18+/m0/s1. The summed E-state index contributed by atoms with van der Waals surface area (Å²) in [6.07, 6.45) is -1.19. The Morgan fingerprint density at radius 3 is 2.22 bits per heavy atom. The second kappa shape index (κ2) is 8.34. The molecule has 2 aromatic carbocycles. The third-order valence-electron chi connectivity index (χ3n) is 3.79. The van der Waals surface area contributed by atoms with Crippen LogP contribution in [0.4, 0.5) is 4.79 Å². The van der Waals surface area contributed by atoms with Gasteiger partial charge in [0.1, 0.15) is 0 Å². The molecule has 122 valence electrons. The molecule has 2 atom stereocenters. The second-order valence-corrected chi connectivity index (χ2v) is 5.41. The highest BCUT2D eigenvalue weighted by Crippen LogP contribution is 2.23. The van der Waals surface area contributed by atoms with Crippen LogP contribution in [-0.2, 0) is 11.3 Å². The van der Waals surface area contributed by atoms with Gasteiger partial charge in [-0.2, -0.15) is 0 Å². The van der Waals surface area contributed by atoms with Crippen molar-refractivity contribution in [3.8, 4) is 0 Å². The van der Waals surface area contributed by atoms with Gasteiger partial charge in [0.25, 0.3) is 0 Å². The molecule has 2 rings (SSSR count). The maximum atomic E-state index is 12.3. The number of rotatable bonds is 6. The molecule has 0 bridgehead atoms. The fraction of sp³-hybridized carbons (Fsp3) is 0.316. The number of carbonyl (C=O) groups excluding carboxylic acids is 1. The van der Waals surface area contributed by atoms with Gasteiger partial charge in [-0.05, 0) is 25.0 Å². The van der Waals surface area contributed by atoms with E-state index in [9.17, 15) is 9.90 Å². The van der Waals surface area contributed by atoms with E-state index in [2.05, 4.69) is 0 Å². The molecule has 0 saturated heterocycles. The van der Waals surface area contributed by atoms with E-state index >= 15 is 0 Å². The molecule has 0 aliphatic heterocycles. The zero-order chi connectivity index (χ0) is 16.7. The molecule has 0 fully saturated rings. The number of carbonyl (C=O) groups is 1. The molecule has 0 aliphatic carbocycles. The number of ether oxygens (including phenoxy) is 1. The van der Waals surface area contributed by atoms with E-state index in [1.807, 2.05) is 67.6 Å². The van der Waals surface area contributed by atoms with Gasteiger partial charge in [0.2, 0.25) is 0 Å². The average Bonchev–Trinajstić information content (AvgIpc) is 2.60. The number of amides is 1. The van der Waals surface area contributed by atoms with Gasteiger partial charge in [0.15, 0.2) is 0 Å². The van der Waals surface area contributed by atoms with Gasteiger partial charge in [-0.25, -0.2) is 4.79 Å². The Labute approximate surface area is 137 Å². The lowest BCUT2D eigenvalue weighted by Crippen LogP contribution is -2.42. The summed E-state index contributed by atoms with van der Waals surface area (Å²) in [6, 6.07) is 18.6. The highest BCUT2D eigenvalue weighted by atomic mass is 16.6. The predicted octanol–water partition coefficient (Wildman–Crippen LogP) is 3.77. The van der Waals surface area contributed by atoms with Gasteiger partial charge < -0.3 is 9.84 Å². The fourth-order valence-electron chi connectivity index (χ4n) is 2.46. The number of benzene rings is 2. The molecule has 0 aromatic heterocycles.